The Hall–Kier alpha value is -0.380. The van der Waals surface area contributed by atoms with Gasteiger partial charge in [0.1, 0.15) is 0 Å². The molecule has 1 aromatic rings. The zero-order valence-corrected chi connectivity index (χ0v) is 9.84. The van der Waals surface area contributed by atoms with Gasteiger partial charge in [-0.25, -0.2) is 0 Å². The zero-order chi connectivity index (χ0) is 10.2. The maximum absolute atomic E-state index is 6.22. The first kappa shape index (κ1) is 10.1. The summed E-state index contributed by atoms with van der Waals surface area (Å²) in [6.45, 7) is 3.99. The van der Waals surface area contributed by atoms with Crippen molar-refractivity contribution in [2.45, 2.75) is 18.4 Å². The van der Waals surface area contributed by atoms with Gasteiger partial charge < -0.3 is 11.1 Å². The smallest absolute Gasteiger partial charge is 0.0333 e. The third-order valence-corrected chi connectivity index (χ3v) is 3.45. The minimum absolute atomic E-state index is 0.117. The van der Waals surface area contributed by atoms with Gasteiger partial charge in [0.25, 0.3) is 0 Å². The summed E-state index contributed by atoms with van der Waals surface area (Å²) in [5.74, 6) is 0.426. The van der Waals surface area contributed by atoms with Gasteiger partial charge in [-0.1, -0.05) is 28.1 Å². The second-order valence-electron chi connectivity index (χ2n) is 4.24. The Kier molecular flexibility index (Phi) is 2.64. The van der Waals surface area contributed by atoms with Crippen LogP contribution < -0.4 is 11.1 Å². The molecule has 2 rings (SSSR count). The fourth-order valence-corrected chi connectivity index (χ4v) is 2.30. The van der Waals surface area contributed by atoms with Crippen LogP contribution in [0.15, 0.2) is 28.7 Å². The molecule has 3 heteroatoms. The lowest BCUT2D eigenvalue weighted by molar-refractivity contribution is 0.462. The Morgan fingerprint density at radius 1 is 1.43 bits per heavy atom. The van der Waals surface area contributed by atoms with Crippen molar-refractivity contribution in [3.8, 4) is 0 Å². The van der Waals surface area contributed by atoms with Crippen molar-refractivity contribution in [3.05, 3.63) is 34.3 Å². The summed E-state index contributed by atoms with van der Waals surface area (Å²) in [6.07, 6.45) is 0. The van der Waals surface area contributed by atoms with Crippen LogP contribution in [0.3, 0.4) is 0 Å². The SMILES string of the molecule is C[C@@]1(N)CNC[C@H]1c1ccc(Br)cc1. The van der Waals surface area contributed by atoms with E-state index in [1.807, 2.05) is 0 Å². The Morgan fingerprint density at radius 2 is 2.07 bits per heavy atom. The summed E-state index contributed by atoms with van der Waals surface area (Å²) in [7, 11) is 0. The van der Waals surface area contributed by atoms with Gasteiger partial charge in [-0.2, -0.15) is 0 Å². The number of halogens is 1. The van der Waals surface area contributed by atoms with Crippen LogP contribution >= 0.6 is 15.9 Å². The molecule has 76 valence electrons. The molecule has 0 radical (unpaired) electrons. The minimum Gasteiger partial charge on any atom is -0.324 e. The van der Waals surface area contributed by atoms with E-state index in [2.05, 4.69) is 52.4 Å². The van der Waals surface area contributed by atoms with Crippen LogP contribution in [-0.4, -0.2) is 18.6 Å². The number of hydrogen-bond acceptors (Lipinski definition) is 2. The van der Waals surface area contributed by atoms with E-state index in [0.717, 1.165) is 17.6 Å². The van der Waals surface area contributed by atoms with Gasteiger partial charge in [-0.05, 0) is 24.6 Å². The Balaban J connectivity index is 2.27. The molecule has 1 fully saturated rings. The number of rotatable bonds is 1. The fourth-order valence-electron chi connectivity index (χ4n) is 2.04. The molecule has 3 N–H and O–H groups in total. The summed E-state index contributed by atoms with van der Waals surface area (Å²) in [5.41, 5.74) is 7.42. The van der Waals surface area contributed by atoms with Crippen molar-refractivity contribution < 1.29 is 0 Å². The first-order valence-electron chi connectivity index (χ1n) is 4.85. The van der Waals surface area contributed by atoms with Crippen molar-refractivity contribution in [2.24, 2.45) is 5.73 Å². The van der Waals surface area contributed by atoms with Gasteiger partial charge >= 0.3 is 0 Å². The highest BCUT2D eigenvalue weighted by Crippen LogP contribution is 2.30. The molecular weight excluding hydrogens is 240 g/mol. The zero-order valence-electron chi connectivity index (χ0n) is 8.26. The lowest BCUT2D eigenvalue weighted by Crippen LogP contribution is -2.42. The van der Waals surface area contributed by atoms with Gasteiger partial charge in [-0.15, -0.1) is 0 Å². The van der Waals surface area contributed by atoms with Crippen LogP contribution in [0.25, 0.3) is 0 Å². The summed E-state index contributed by atoms with van der Waals surface area (Å²) in [6, 6.07) is 8.44. The minimum atomic E-state index is -0.117. The predicted molar refractivity (Wildman–Crippen MR) is 62.3 cm³/mol. The van der Waals surface area contributed by atoms with E-state index in [9.17, 15) is 0 Å². The molecule has 0 spiro atoms. The molecule has 0 bridgehead atoms. The van der Waals surface area contributed by atoms with E-state index in [0.29, 0.717) is 5.92 Å². The summed E-state index contributed by atoms with van der Waals surface area (Å²) < 4.78 is 1.12. The quantitative estimate of drug-likeness (QED) is 0.803. The molecule has 0 amide bonds. The van der Waals surface area contributed by atoms with Crippen molar-refractivity contribution in [1.82, 2.24) is 5.32 Å². The fraction of sp³-hybridized carbons (Fsp3) is 0.455. The first-order valence-corrected chi connectivity index (χ1v) is 5.64. The molecule has 14 heavy (non-hydrogen) atoms. The number of benzene rings is 1. The molecule has 1 heterocycles. The molecule has 1 aliphatic rings. The van der Waals surface area contributed by atoms with Crippen LogP contribution in [0.1, 0.15) is 18.4 Å². The largest absolute Gasteiger partial charge is 0.324 e. The number of nitrogens with one attached hydrogen (secondary N) is 1. The highest BCUT2D eigenvalue weighted by Gasteiger charge is 2.35. The van der Waals surface area contributed by atoms with Crippen LogP contribution in [-0.2, 0) is 0 Å². The molecule has 1 aliphatic heterocycles. The maximum Gasteiger partial charge on any atom is 0.0333 e. The second-order valence-corrected chi connectivity index (χ2v) is 5.16. The normalized spacial score (nSPS) is 32.1. The van der Waals surface area contributed by atoms with Crippen LogP contribution in [0.5, 0.6) is 0 Å². The molecule has 0 aliphatic carbocycles. The van der Waals surface area contributed by atoms with E-state index in [4.69, 9.17) is 5.73 Å². The van der Waals surface area contributed by atoms with Gasteiger partial charge in [0, 0.05) is 29.0 Å². The molecule has 0 unspecified atom stereocenters. The average Bonchev–Trinajstić information content (AvgIpc) is 2.47. The summed E-state index contributed by atoms with van der Waals surface area (Å²) in [4.78, 5) is 0. The van der Waals surface area contributed by atoms with E-state index in [-0.39, 0.29) is 5.54 Å². The molecular formula is C11H15BrN2. The molecule has 2 nitrogen and oxygen atoms in total. The van der Waals surface area contributed by atoms with Gasteiger partial charge in [0.15, 0.2) is 0 Å². The van der Waals surface area contributed by atoms with Gasteiger partial charge in [0.05, 0.1) is 0 Å². The van der Waals surface area contributed by atoms with Crippen molar-refractivity contribution in [1.29, 1.82) is 0 Å². The van der Waals surface area contributed by atoms with Crippen molar-refractivity contribution >= 4 is 15.9 Å². The molecule has 2 atom stereocenters. The number of nitrogens with two attached hydrogens (primary N) is 1. The lowest BCUT2D eigenvalue weighted by atomic mass is 9.84. The van der Waals surface area contributed by atoms with E-state index in [1.165, 1.54) is 5.56 Å². The average molecular weight is 255 g/mol. The van der Waals surface area contributed by atoms with E-state index in [1.54, 1.807) is 0 Å². The van der Waals surface area contributed by atoms with Crippen molar-refractivity contribution in [2.75, 3.05) is 13.1 Å². The van der Waals surface area contributed by atoms with Crippen LogP contribution in [0, 0.1) is 0 Å². The Morgan fingerprint density at radius 3 is 2.57 bits per heavy atom. The third kappa shape index (κ3) is 1.85. The molecule has 1 aromatic carbocycles. The maximum atomic E-state index is 6.22. The number of hydrogen-bond donors (Lipinski definition) is 2. The van der Waals surface area contributed by atoms with Gasteiger partial charge in [0.2, 0.25) is 0 Å². The predicted octanol–water partition coefficient (Wildman–Crippen LogP) is 1.85. The standard InChI is InChI=1S/C11H15BrN2/c1-11(13)7-14-6-10(11)8-2-4-9(12)5-3-8/h2-5,10,14H,6-7,13H2,1H3/t10-,11+/m0/s1. The van der Waals surface area contributed by atoms with Crippen molar-refractivity contribution in [3.63, 3.8) is 0 Å². The van der Waals surface area contributed by atoms with Crippen LogP contribution in [0.2, 0.25) is 0 Å². The molecule has 0 saturated carbocycles. The van der Waals surface area contributed by atoms with E-state index < -0.39 is 0 Å². The van der Waals surface area contributed by atoms with Crippen LogP contribution in [0.4, 0.5) is 0 Å². The highest BCUT2D eigenvalue weighted by molar-refractivity contribution is 9.10. The summed E-state index contributed by atoms with van der Waals surface area (Å²) in [5, 5.41) is 3.34. The molecule has 1 saturated heterocycles. The lowest BCUT2D eigenvalue weighted by Gasteiger charge is -2.26. The Labute approximate surface area is 93.0 Å². The second kappa shape index (κ2) is 3.65. The van der Waals surface area contributed by atoms with E-state index >= 15 is 0 Å². The Bertz CT molecular complexity index is 319. The summed E-state index contributed by atoms with van der Waals surface area (Å²) >= 11 is 3.44. The topological polar surface area (TPSA) is 38.0 Å². The first-order chi connectivity index (χ1) is 6.59. The van der Waals surface area contributed by atoms with Gasteiger partial charge in [-0.3, -0.25) is 0 Å². The third-order valence-electron chi connectivity index (χ3n) is 2.92. The monoisotopic (exact) mass is 254 g/mol. The molecule has 0 aromatic heterocycles. The highest BCUT2D eigenvalue weighted by atomic mass is 79.9.